The number of hydrogen-bond donors (Lipinski definition) is 0. The highest BCUT2D eigenvalue weighted by molar-refractivity contribution is 6.35. The molecule has 3 rings (SSSR count). The number of rotatable bonds is 4. The van der Waals surface area contributed by atoms with Crippen molar-refractivity contribution in [3.63, 3.8) is 0 Å². The summed E-state index contributed by atoms with van der Waals surface area (Å²) in [5.41, 5.74) is 1.60. The van der Waals surface area contributed by atoms with Crippen molar-refractivity contribution in [1.29, 1.82) is 0 Å². The summed E-state index contributed by atoms with van der Waals surface area (Å²) in [4.78, 5) is 14.4. The molecule has 150 valence electrons. The smallest absolute Gasteiger partial charge is 0.410 e. The largest absolute Gasteiger partial charge is 0.487 e. The third-order valence-electron chi connectivity index (χ3n) is 4.50. The lowest BCUT2D eigenvalue weighted by Gasteiger charge is -2.29. The first kappa shape index (κ1) is 20.8. The maximum Gasteiger partial charge on any atom is 0.410 e. The van der Waals surface area contributed by atoms with Crippen molar-refractivity contribution in [1.82, 2.24) is 4.90 Å². The summed E-state index contributed by atoms with van der Waals surface area (Å²) >= 11 is 12.1. The van der Waals surface area contributed by atoms with E-state index in [9.17, 15) is 4.79 Å². The summed E-state index contributed by atoms with van der Waals surface area (Å²) in [6.07, 6.45) is 1.63. The number of carbonyl (C=O) groups is 1. The SMILES string of the molecule is CC(C)(C)OC(=O)N1CCCC1c1cccc(COc2ccc(Cl)cc2Cl)c1. The topological polar surface area (TPSA) is 38.8 Å². The molecule has 1 atom stereocenters. The molecule has 0 bridgehead atoms. The highest BCUT2D eigenvalue weighted by Crippen LogP contribution is 2.34. The van der Waals surface area contributed by atoms with Crippen LogP contribution in [0.15, 0.2) is 42.5 Å². The molecule has 0 radical (unpaired) electrons. The molecule has 28 heavy (non-hydrogen) atoms. The summed E-state index contributed by atoms with van der Waals surface area (Å²) in [5, 5.41) is 1.05. The standard InChI is InChI=1S/C22H25Cl2NO3/c1-22(2,3)28-21(26)25-11-5-8-19(25)16-7-4-6-15(12-16)14-27-20-10-9-17(23)13-18(20)24/h4,6-7,9-10,12-13,19H,5,8,11,14H2,1-3H3. The van der Waals surface area contributed by atoms with E-state index >= 15 is 0 Å². The van der Waals surface area contributed by atoms with E-state index in [0.29, 0.717) is 28.9 Å². The van der Waals surface area contributed by atoms with Gasteiger partial charge in [0.2, 0.25) is 0 Å². The van der Waals surface area contributed by atoms with Crippen LogP contribution in [0.5, 0.6) is 5.75 Å². The molecule has 1 unspecified atom stereocenters. The molecule has 0 aliphatic carbocycles. The lowest BCUT2D eigenvalue weighted by Crippen LogP contribution is -2.36. The van der Waals surface area contributed by atoms with Crippen LogP contribution in [-0.2, 0) is 11.3 Å². The molecule has 1 amide bonds. The number of benzene rings is 2. The minimum absolute atomic E-state index is 0.0221. The van der Waals surface area contributed by atoms with Crippen LogP contribution in [0.1, 0.15) is 50.8 Å². The molecular weight excluding hydrogens is 397 g/mol. The second-order valence-electron chi connectivity index (χ2n) is 7.94. The average Bonchev–Trinajstić information content (AvgIpc) is 3.10. The minimum atomic E-state index is -0.502. The summed E-state index contributed by atoms with van der Waals surface area (Å²) in [7, 11) is 0. The van der Waals surface area contributed by atoms with Crippen LogP contribution in [0.2, 0.25) is 10.0 Å². The van der Waals surface area contributed by atoms with E-state index in [1.807, 2.05) is 43.9 Å². The fraction of sp³-hybridized carbons (Fsp3) is 0.409. The molecule has 2 aromatic carbocycles. The highest BCUT2D eigenvalue weighted by atomic mass is 35.5. The lowest BCUT2D eigenvalue weighted by molar-refractivity contribution is 0.0224. The van der Waals surface area contributed by atoms with Gasteiger partial charge in [-0.1, -0.05) is 47.5 Å². The van der Waals surface area contributed by atoms with E-state index in [-0.39, 0.29) is 12.1 Å². The fourth-order valence-electron chi connectivity index (χ4n) is 3.30. The van der Waals surface area contributed by atoms with E-state index in [0.717, 1.165) is 24.0 Å². The molecule has 1 fully saturated rings. The third-order valence-corrected chi connectivity index (χ3v) is 5.04. The van der Waals surface area contributed by atoms with Gasteiger partial charge in [-0.2, -0.15) is 0 Å². The van der Waals surface area contributed by atoms with Crippen molar-refractivity contribution in [2.75, 3.05) is 6.54 Å². The Morgan fingerprint density at radius 1 is 1.18 bits per heavy atom. The Morgan fingerprint density at radius 2 is 1.96 bits per heavy atom. The normalized spacial score (nSPS) is 16.9. The number of likely N-dealkylation sites (tertiary alicyclic amines) is 1. The van der Waals surface area contributed by atoms with Gasteiger partial charge in [0.25, 0.3) is 0 Å². The number of nitrogens with zero attached hydrogens (tertiary/aromatic N) is 1. The molecule has 1 aliphatic rings. The van der Waals surface area contributed by atoms with E-state index in [2.05, 4.69) is 6.07 Å². The molecule has 2 aromatic rings. The first-order chi connectivity index (χ1) is 13.2. The van der Waals surface area contributed by atoms with E-state index < -0.39 is 5.60 Å². The molecule has 1 aliphatic heterocycles. The number of carbonyl (C=O) groups excluding carboxylic acids is 1. The summed E-state index contributed by atoms with van der Waals surface area (Å²) in [6.45, 7) is 6.75. The maximum absolute atomic E-state index is 12.6. The summed E-state index contributed by atoms with van der Waals surface area (Å²) in [6, 6.07) is 13.3. The molecule has 1 heterocycles. The van der Waals surface area contributed by atoms with Gasteiger partial charge in [0, 0.05) is 11.6 Å². The highest BCUT2D eigenvalue weighted by Gasteiger charge is 2.33. The zero-order chi connectivity index (χ0) is 20.3. The number of halogens is 2. The van der Waals surface area contributed by atoms with Gasteiger partial charge in [0.1, 0.15) is 18.0 Å². The monoisotopic (exact) mass is 421 g/mol. The van der Waals surface area contributed by atoms with Crippen LogP contribution in [0.3, 0.4) is 0 Å². The lowest BCUT2D eigenvalue weighted by atomic mass is 10.0. The second kappa shape index (κ2) is 8.62. The Bertz CT molecular complexity index is 848. The van der Waals surface area contributed by atoms with Crippen LogP contribution in [0.4, 0.5) is 4.79 Å². The van der Waals surface area contributed by atoms with Gasteiger partial charge >= 0.3 is 6.09 Å². The average molecular weight is 422 g/mol. The van der Waals surface area contributed by atoms with Crippen molar-refractivity contribution in [2.24, 2.45) is 0 Å². The summed E-state index contributed by atoms with van der Waals surface area (Å²) in [5.74, 6) is 0.590. The van der Waals surface area contributed by atoms with Gasteiger partial charge < -0.3 is 14.4 Å². The Balaban J connectivity index is 1.70. The third kappa shape index (κ3) is 5.33. The maximum atomic E-state index is 12.6. The number of amides is 1. The van der Waals surface area contributed by atoms with Gasteiger partial charge in [-0.3, -0.25) is 0 Å². The van der Waals surface area contributed by atoms with Crippen LogP contribution in [0, 0.1) is 0 Å². The molecule has 0 saturated carbocycles. The Labute approximate surface area is 176 Å². The first-order valence-corrected chi connectivity index (χ1v) is 10.1. The minimum Gasteiger partial charge on any atom is -0.487 e. The van der Waals surface area contributed by atoms with Crippen molar-refractivity contribution >= 4 is 29.3 Å². The molecular formula is C22H25Cl2NO3. The van der Waals surface area contributed by atoms with Gasteiger partial charge in [0.15, 0.2) is 0 Å². The quantitative estimate of drug-likeness (QED) is 0.554. The first-order valence-electron chi connectivity index (χ1n) is 9.39. The van der Waals surface area contributed by atoms with Crippen molar-refractivity contribution in [3.05, 3.63) is 63.6 Å². The van der Waals surface area contributed by atoms with Crippen LogP contribution in [0.25, 0.3) is 0 Å². The van der Waals surface area contributed by atoms with Gasteiger partial charge in [-0.25, -0.2) is 4.79 Å². The Morgan fingerprint density at radius 3 is 2.68 bits per heavy atom. The molecule has 0 N–H and O–H groups in total. The van der Waals surface area contributed by atoms with Crippen molar-refractivity contribution in [2.45, 2.75) is 51.9 Å². The van der Waals surface area contributed by atoms with Crippen molar-refractivity contribution in [3.8, 4) is 5.75 Å². The van der Waals surface area contributed by atoms with Crippen LogP contribution >= 0.6 is 23.2 Å². The van der Waals surface area contributed by atoms with E-state index in [4.69, 9.17) is 32.7 Å². The van der Waals surface area contributed by atoms with E-state index in [1.54, 1.807) is 18.2 Å². The molecule has 1 saturated heterocycles. The number of hydrogen-bond acceptors (Lipinski definition) is 3. The van der Waals surface area contributed by atoms with Crippen LogP contribution < -0.4 is 4.74 Å². The van der Waals surface area contributed by atoms with Gasteiger partial charge in [0.05, 0.1) is 11.1 Å². The summed E-state index contributed by atoms with van der Waals surface area (Å²) < 4.78 is 11.4. The molecule has 6 heteroatoms. The predicted octanol–water partition coefficient (Wildman–Crippen LogP) is 6.64. The Hall–Kier alpha value is -1.91. The second-order valence-corrected chi connectivity index (χ2v) is 8.78. The zero-order valence-corrected chi connectivity index (χ0v) is 17.9. The number of ether oxygens (including phenoxy) is 2. The predicted molar refractivity (Wildman–Crippen MR) is 112 cm³/mol. The molecule has 0 aromatic heterocycles. The van der Waals surface area contributed by atoms with Crippen molar-refractivity contribution < 1.29 is 14.3 Å². The molecule has 4 nitrogen and oxygen atoms in total. The van der Waals surface area contributed by atoms with Crippen LogP contribution in [-0.4, -0.2) is 23.1 Å². The zero-order valence-electron chi connectivity index (χ0n) is 16.4. The Kier molecular flexibility index (Phi) is 6.41. The van der Waals surface area contributed by atoms with E-state index in [1.165, 1.54) is 0 Å². The molecule has 0 spiro atoms. The van der Waals surface area contributed by atoms with Gasteiger partial charge in [-0.05, 0) is 62.9 Å². The van der Waals surface area contributed by atoms with Gasteiger partial charge in [-0.15, -0.1) is 0 Å². The fourth-order valence-corrected chi connectivity index (χ4v) is 3.76.